The molecule has 0 N–H and O–H groups in total. The van der Waals surface area contributed by atoms with Crippen LogP contribution in [-0.2, 0) is 11.0 Å². The number of alkyl halides is 3. The number of amides is 1. The molecule has 0 aliphatic heterocycles. The average Bonchev–Trinajstić information content (AvgIpc) is 3.03. The van der Waals surface area contributed by atoms with Gasteiger partial charge in [-0.05, 0) is 25.0 Å². The molecule has 0 saturated heterocycles. The topological polar surface area (TPSA) is 33.2 Å². The molecule has 0 spiro atoms. The lowest BCUT2D eigenvalue weighted by Crippen LogP contribution is -2.23. The van der Waals surface area contributed by atoms with Gasteiger partial charge < -0.3 is 4.90 Å². The standard InChI is InChI=1S/C10H9F3N2O/c11-10(12,13)9-4-3-8(5-14-9)15(6-16)7-1-2-7/h3-7H,1-2H2. The van der Waals surface area contributed by atoms with E-state index in [4.69, 9.17) is 0 Å². The van der Waals surface area contributed by atoms with Crippen LogP contribution in [0.1, 0.15) is 18.5 Å². The number of aromatic nitrogens is 1. The fraction of sp³-hybridized carbons (Fsp3) is 0.400. The molecule has 0 atom stereocenters. The fourth-order valence-corrected chi connectivity index (χ4v) is 1.42. The fourth-order valence-electron chi connectivity index (χ4n) is 1.42. The second kappa shape index (κ2) is 3.77. The van der Waals surface area contributed by atoms with Crippen LogP contribution in [0.15, 0.2) is 18.3 Å². The van der Waals surface area contributed by atoms with Crippen LogP contribution in [0.5, 0.6) is 0 Å². The van der Waals surface area contributed by atoms with Gasteiger partial charge in [0.25, 0.3) is 0 Å². The Bertz CT molecular complexity index is 384. The summed E-state index contributed by atoms with van der Waals surface area (Å²) in [6.45, 7) is 0. The summed E-state index contributed by atoms with van der Waals surface area (Å²) in [5, 5.41) is 0. The van der Waals surface area contributed by atoms with Crippen LogP contribution in [0.25, 0.3) is 0 Å². The second-order valence-electron chi connectivity index (χ2n) is 3.64. The number of carbonyl (C=O) groups excluding carboxylic acids is 1. The molecule has 1 fully saturated rings. The van der Waals surface area contributed by atoms with Gasteiger partial charge >= 0.3 is 6.18 Å². The van der Waals surface area contributed by atoms with Gasteiger partial charge in [-0.15, -0.1) is 0 Å². The Labute approximate surface area is 89.9 Å². The van der Waals surface area contributed by atoms with Gasteiger partial charge in [-0.2, -0.15) is 13.2 Å². The first-order chi connectivity index (χ1) is 7.52. The molecule has 0 aromatic carbocycles. The molecule has 1 saturated carbocycles. The lowest BCUT2D eigenvalue weighted by atomic mass is 10.3. The van der Waals surface area contributed by atoms with Gasteiger partial charge in [-0.1, -0.05) is 0 Å². The lowest BCUT2D eigenvalue weighted by molar-refractivity contribution is -0.141. The third kappa shape index (κ3) is 2.15. The maximum Gasteiger partial charge on any atom is 0.433 e. The first-order valence-electron chi connectivity index (χ1n) is 4.79. The molecular formula is C10H9F3N2O. The number of pyridine rings is 1. The molecule has 6 heteroatoms. The number of hydrogen-bond acceptors (Lipinski definition) is 2. The Hall–Kier alpha value is -1.59. The highest BCUT2D eigenvalue weighted by Crippen LogP contribution is 2.32. The van der Waals surface area contributed by atoms with Gasteiger partial charge in [0, 0.05) is 6.04 Å². The van der Waals surface area contributed by atoms with Gasteiger partial charge in [0.1, 0.15) is 5.69 Å². The van der Waals surface area contributed by atoms with Gasteiger partial charge in [-0.25, -0.2) is 4.98 Å². The zero-order chi connectivity index (χ0) is 11.8. The summed E-state index contributed by atoms with van der Waals surface area (Å²) in [6, 6.07) is 2.27. The number of anilines is 1. The van der Waals surface area contributed by atoms with Crippen LogP contribution in [0, 0.1) is 0 Å². The molecular weight excluding hydrogens is 221 g/mol. The van der Waals surface area contributed by atoms with Crippen molar-refractivity contribution in [3.05, 3.63) is 24.0 Å². The number of hydrogen-bond donors (Lipinski definition) is 0. The molecule has 1 amide bonds. The van der Waals surface area contributed by atoms with Gasteiger partial charge in [0.15, 0.2) is 0 Å². The smallest absolute Gasteiger partial charge is 0.310 e. The number of carbonyl (C=O) groups is 1. The Morgan fingerprint density at radius 2 is 2.06 bits per heavy atom. The average molecular weight is 230 g/mol. The number of halogens is 3. The van der Waals surface area contributed by atoms with Crippen LogP contribution in [-0.4, -0.2) is 17.4 Å². The molecule has 2 rings (SSSR count). The van der Waals surface area contributed by atoms with E-state index >= 15 is 0 Å². The first kappa shape index (κ1) is 10.9. The third-order valence-electron chi connectivity index (χ3n) is 2.39. The minimum atomic E-state index is -4.44. The lowest BCUT2D eigenvalue weighted by Gasteiger charge is -2.16. The van der Waals surface area contributed by atoms with Gasteiger partial charge in [0.05, 0.1) is 11.9 Å². The molecule has 86 valence electrons. The highest BCUT2D eigenvalue weighted by atomic mass is 19.4. The molecule has 16 heavy (non-hydrogen) atoms. The van der Waals surface area contributed by atoms with Crippen molar-refractivity contribution < 1.29 is 18.0 Å². The molecule has 1 aromatic rings. The summed E-state index contributed by atoms with van der Waals surface area (Å²) in [6.07, 6.45) is -0.957. The van der Waals surface area contributed by atoms with Crippen LogP contribution < -0.4 is 4.90 Å². The second-order valence-corrected chi connectivity index (χ2v) is 3.64. The molecule has 0 unspecified atom stereocenters. The van der Waals surface area contributed by atoms with Crippen LogP contribution in [0.3, 0.4) is 0 Å². The Morgan fingerprint density at radius 3 is 2.44 bits per heavy atom. The van der Waals surface area contributed by atoms with E-state index in [1.54, 1.807) is 0 Å². The molecule has 0 radical (unpaired) electrons. The normalized spacial score (nSPS) is 15.9. The molecule has 1 aliphatic carbocycles. The Kier molecular flexibility index (Phi) is 2.57. The van der Waals surface area contributed by atoms with Crippen LogP contribution in [0.4, 0.5) is 18.9 Å². The zero-order valence-electron chi connectivity index (χ0n) is 8.24. The van der Waals surface area contributed by atoms with E-state index in [0.29, 0.717) is 12.1 Å². The summed E-state index contributed by atoms with van der Waals surface area (Å²) in [4.78, 5) is 15.5. The van der Waals surface area contributed by atoms with E-state index in [1.807, 2.05) is 0 Å². The minimum absolute atomic E-state index is 0.121. The van der Waals surface area contributed by atoms with Crippen molar-refractivity contribution in [2.45, 2.75) is 25.1 Å². The predicted molar refractivity (Wildman–Crippen MR) is 50.8 cm³/mol. The summed E-state index contributed by atoms with van der Waals surface area (Å²) in [5.41, 5.74) is -0.539. The minimum Gasteiger partial charge on any atom is -0.310 e. The monoisotopic (exact) mass is 230 g/mol. The maximum atomic E-state index is 12.2. The van der Waals surface area contributed by atoms with Crippen molar-refractivity contribution in [3.63, 3.8) is 0 Å². The highest BCUT2D eigenvalue weighted by molar-refractivity contribution is 5.76. The summed E-state index contributed by atoms with van der Waals surface area (Å²) in [7, 11) is 0. The van der Waals surface area contributed by atoms with Crippen molar-refractivity contribution in [1.82, 2.24) is 4.98 Å². The van der Waals surface area contributed by atoms with Crippen LogP contribution >= 0.6 is 0 Å². The van der Waals surface area contributed by atoms with E-state index in [0.717, 1.165) is 25.1 Å². The largest absolute Gasteiger partial charge is 0.433 e. The van der Waals surface area contributed by atoms with E-state index in [1.165, 1.54) is 11.0 Å². The molecule has 3 nitrogen and oxygen atoms in total. The molecule has 1 aromatic heterocycles. The Balaban J connectivity index is 2.21. The quantitative estimate of drug-likeness (QED) is 0.746. The van der Waals surface area contributed by atoms with Crippen molar-refractivity contribution in [2.24, 2.45) is 0 Å². The maximum absolute atomic E-state index is 12.2. The molecule has 0 bridgehead atoms. The van der Waals surface area contributed by atoms with Gasteiger partial charge in [-0.3, -0.25) is 4.79 Å². The number of nitrogens with zero attached hydrogens (tertiary/aromatic N) is 2. The highest BCUT2D eigenvalue weighted by Gasteiger charge is 2.33. The third-order valence-corrected chi connectivity index (χ3v) is 2.39. The first-order valence-corrected chi connectivity index (χ1v) is 4.79. The summed E-state index contributed by atoms with van der Waals surface area (Å²) >= 11 is 0. The van der Waals surface area contributed by atoms with Crippen molar-refractivity contribution in [3.8, 4) is 0 Å². The number of rotatable bonds is 3. The van der Waals surface area contributed by atoms with Crippen molar-refractivity contribution >= 4 is 12.1 Å². The van der Waals surface area contributed by atoms with E-state index in [9.17, 15) is 18.0 Å². The molecule has 1 heterocycles. The molecule has 1 aliphatic rings. The van der Waals surface area contributed by atoms with Crippen molar-refractivity contribution in [1.29, 1.82) is 0 Å². The van der Waals surface area contributed by atoms with Crippen molar-refractivity contribution in [2.75, 3.05) is 4.90 Å². The SMILES string of the molecule is O=CN(c1ccc(C(F)(F)F)nc1)C1CC1. The van der Waals surface area contributed by atoms with Crippen LogP contribution in [0.2, 0.25) is 0 Å². The predicted octanol–water partition coefficient (Wildman–Crippen LogP) is 2.23. The van der Waals surface area contributed by atoms with Gasteiger partial charge in [0.2, 0.25) is 6.41 Å². The summed E-state index contributed by atoms with van der Waals surface area (Å²) in [5.74, 6) is 0. The Morgan fingerprint density at radius 1 is 1.38 bits per heavy atom. The van der Waals surface area contributed by atoms with E-state index in [-0.39, 0.29) is 6.04 Å². The van der Waals surface area contributed by atoms with E-state index < -0.39 is 11.9 Å². The van der Waals surface area contributed by atoms with E-state index in [2.05, 4.69) is 4.98 Å². The zero-order valence-corrected chi connectivity index (χ0v) is 8.24. The summed E-state index contributed by atoms with van der Waals surface area (Å²) < 4.78 is 36.7.